The molecule has 0 spiro atoms. The zero-order chi connectivity index (χ0) is 18.7. The molecule has 0 unspecified atom stereocenters. The zero-order valence-electron chi connectivity index (χ0n) is 13.1. The minimum Gasteiger partial charge on any atom is -0.633 e. The first-order valence-electron chi connectivity index (χ1n) is 7.01. The van der Waals surface area contributed by atoms with Gasteiger partial charge in [0.05, 0.1) is 25.4 Å². The summed E-state index contributed by atoms with van der Waals surface area (Å²) in [6.45, 7) is 2.99. The Morgan fingerprint density at radius 1 is 0.957 bits per heavy atom. The maximum Gasteiger partial charge on any atom is 0.413 e. The highest BCUT2D eigenvalue weighted by atomic mass is 32.2. The highest BCUT2D eigenvalue weighted by Gasteiger charge is 2.74. The van der Waals surface area contributed by atoms with E-state index in [1.54, 1.807) is 13.8 Å². The number of nitrogens with zero attached hydrogens (tertiary/aromatic N) is 1. The lowest BCUT2D eigenvalue weighted by Gasteiger charge is -2.41. The van der Waals surface area contributed by atoms with E-state index in [2.05, 4.69) is 0 Å². The van der Waals surface area contributed by atoms with Crippen LogP contribution in [0.4, 0.5) is 26.3 Å². The van der Waals surface area contributed by atoms with Gasteiger partial charge in [-0.25, -0.2) is 8.42 Å². The van der Waals surface area contributed by atoms with Gasteiger partial charge in [-0.2, -0.15) is 26.3 Å². The van der Waals surface area contributed by atoms with E-state index >= 15 is 0 Å². The summed E-state index contributed by atoms with van der Waals surface area (Å²) in [5.41, 5.74) is 0. The van der Waals surface area contributed by atoms with Crippen molar-refractivity contribution in [1.29, 1.82) is 0 Å². The minimum atomic E-state index is -6.02. The molecular weight excluding hydrogens is 352 g/mol. The lowest BCUT2D eigenvalue weighted by molar-refractivity contribution is -0.877. The maximum absolute atomic E-state index is 13.4. The van der Waals surface area contributed by atoms with Crippen LogP contribution in [0.5, 0.6) is 0 Å². The number of quaternary nitrogens is 1. The number of hydroxylamine groups is 3. The first kappa shape index (κ1) is 22.4. The van der Waals surface area contributed by atoms with Gasteiger partial charge < -0.3 is 9.85 Å². The van der Waals surface area contributed by atoms with E-state index in [1.165, 1.54) is 0 Å². The van der Waals surface area contributed by atoms with E-state index in [1.807, 2.05) is 0 Å². The van der Waals surface area contributed by atoms with Gasteiger partial charge in [-0.15, -0.1) is 0 Å². The van der Waals surface area contributed by atoms with Crippen LogP contribution in [0.1, 0.15) is 33.6 Å². The fourth-order valence-corrected chi connectivity index (χ4v) is 3.22. The van der Waals surface area contributed by atoms with Crippen LogP contribution in [0, 0.1) is 5.21 Å². The summed E-state index contributed by atoms with van der Waals surface area (Å²) in [6, 6.07) is 0. The summed E-state index contributed by atoms with van der Waals surface area (Å²) in [4.78, 5) is 0. The highest BCUT2D eigenvalue weighted by molar-refractivity contribution is 7.92. The molecule has 140 valence electrons. The van der Waals surface area contributed by atoms with E-state index in [-0.39, 0.29) is 26.1 Å². The maximum atomic E-state index is 13.4. The summed E-state index contributed by atoms with van der Waals surface area (Å²) in [5, 5.41) is 5.98. The van der Waals surface area contributed by atoms with Crippen molar-refractivity contribution < 1.29 is 39.4 Å². The standard InChI is InChI=1S/C12H21F6NO3S/c1-4-19(20,5-2)8-6-7-9-23(21,22)12(17,18)11(15,16)10(3,13)14/h4-9H2,1-3H3. The topological polar surface area (TPSA) is 57.2 Å². The van der Waals surface area contributed by atoms with E-state index in [0.717, 1.165) is 0 Å². The van der Waals surface area contributed by atoms with Gasteiger partial charge in [0, 0.05) is 6.92 Å². The quantitative estimate of drug-likeness (QED) is 0.255. The van der Waals surface area contributed by atoms with Crippen LogP contribution in [0.25, 0.3) is 0 Å². The fourth-order valence-electron chi connectivity index (χ4n) is 1.81. The average Bonchev–Trinajstić information content (AvgIpc) is 2.41. The van der Waals surface area contributed by atoms with Crippen molar-refractivity contribution in [2.24, 2.45) is 0 Å². The summed E-state index contributed by atoms with van der Waals surface area (Å²) in [6.07, 6.45) is -0.597. The first-order chi connectivity index (χ1) is 10.1. The molecule has 0 bridgehead atoms. The molecule has 0 saturated heterocycles. The van der Waals surface area contributed by atoms with Gasteiger partial charge >= 0.3 is 17.1 Å². The van der Waals surface area contributed by atoms with Gasteiger partial charge in [-0.1, -0.05) is 0 Å². The predicted molar refractivity (Wildman–Crippen MR) is 73.1 cm³/mol. The molecule has 0 amide bonds. The Kier molecular flexibility index (Phi) is 6.97. The minimum absolute atomic E-state index is 0.0750. The second-order valence-electron chi connectivity index (χ2n) is 5.42. The van der Waals surface area contributed by atoms with Crippen molar-refractivity contribution in [2.45, 2.75) is 50.7 Å². The summed E-state index contributed by atoms with van der Waals surface area (Å²) < 4.78 is 100. The third kappa shape index (κ3) is 4.72. The molecular formula is C12H21F6NO3S. The van der Waals surface area contributed by atoms with Crippen molar-refractivity contribution in [3.05, 3.63) is 5.21 Å². The Balaban J connectivity index is 4.96. The van der Waals surface area contributed by atoms with Gasteiger partial charge in [-0.05, 0) is 26.7 Å². The molecule has 0 aliphatic heterocycles. The fraction of sp³-hybridized carbons (Fsp3) is 1.00. The lowest BCUT2D eigenvalue weighted by Crippen LogP contribution is -2.57. The number of halogens is 6. The van der Waals surface area contributed by atoms with Crippen molar-refractivity contribution in [3.8, 4) is 0 Å². The number of rotatable bonds is 10. The average molecular weight is 373 g/mol. The molecule has 0 N–H and O–H groups in total. The molecule has 0 fully saturated rings. The molecule has 0 aromatic rings. The third-order valence-electron chi connectivity index (χ3n) is 3.69. The van der Waals surface area contributed by atoms with Crippen LogP contribution >= 0.6 is 0 Å². The number of hydrogen-bond acceptors (Lipinski definition) is 3. The van der Waals surface area contributed by atoms with Gasteiger partial charge in [0.15, 0.2) is 0 Å². The Hall–Kier alpha value is -0.550. The molecule has 0 atom stereocenters. The van der Waals surface area contributed by atoms with Crippen LogP contribution in [0.3, 0.4) is 0 Å². The second-order valence-corrected chi connectivity index (χ2v) is 7.57. The normalized spacial score (nSPS) is 15.0. The summed E-state index contributed by atoms with van der Waals surface area (Å²) >= 11 is 0. The van der Waals surface area contributed by atoms with Crippen LogP contribution in [0.15, 0.2) is 0 Å². The summed E-state index contributed by atoms with van der Waals surface area (Å²) in [5.74, 6) is -12.6. The van der Waals surface area contributed by atoms with Crippen molar-refractivity contribution >= 4 is 9.84 Å². The number of hydrogen-bond donors (Lipinski definition) is 0. The molecule has 11 heteroatoms. The number of sulfone groups is 1. The van der Waals surface area contributed by atoms with Gasteiger partial charge in [0.1, 0.15) is 0 Å². The number of unbranched alkanes of at least 4 members (excludes halogenated alkanes) is 1. The van der Waals surface area contributed by atoms with E-state index in [9.17, 15) is 40.0 Å². The van der Waals surface area contributed by atoms with Gasteiger partial charge in [0.25, 0.3) is 0 Å². The van der Waals surface area contributed by atoms with Gasteiger partial charge in [0.2, 0.25) is 9.84 Å². The monoisotopic (exact) mass is 373 g/mol. The summed E-state index contributed by atoms with van der Waals surface area (Å²) in [7, 11) is -5.80. The Bertz CT molecular complexity index is 486. The zero-order valence-corrected chi connectivity index (χ0v) is 13.9. The van der Waals surface area contributed by atoms with E-state index < -0.39 is 50.7 Å². The predicted octanol–water partition coefficient (Wildman–Crippen LogP) is 3.42. The van der Waals surface area contributed by atoms with Crippen molar-refractivity contribution in [1.82, 2.24) is 0 Å². The Morgan fingerprint density at radius 3 is 1.74 bits per heavy atom. The first-order valence-corrected chi connectivity index (χ1v) is 8.66. The van der Waals surface area contributed by atoms with E-state index in [0.29, 0.717) is 0 Å². The number of alkyl halides is 6. The van der Waals surface area contributed by atoms with Crippen molar-refractivity contribution in [3.63, 3.8) is 0 Å². The molecule has 0 aliphatic carbocycles. The molecule has 0 radical (unpaired) electrons. The molecule has 0 heterocycles. The molecule has 4 nitrogen and oxygen atoms in total. The largest absolute Gasteiger partial charge is 0.633 e. The van der Waals surface area contributed by atoms with E-state index in [4.69, 9.17) is 0 Å². The van der Waals surface area contributed by atoms with Crippen molar-refractivity contribution in [2.75, 3.05) is 25.4 Å². The van der Waals surface area contributed by atoms with Crippen LogP contribution in [-0.2, 0) is 9.84 Å². The molecule has 0 aromatic carbocycles. The highest BCUT2D eigenvalue weighted by Crippen LogP contribution is 2.48. The Morgan fingerprint density at radius 2 is 1.39 bits per heavy atom. The lowest BCUT2D eigenvalue weighted by atomic mass is 10.2. The van der Waals surface area contributed by atoms with Crippen LogP contribution in [0.2, 0.25) is 0 Å². The smallest absolute Gasteiger partial charge is 0.413 e. The molecule has 0 saturated carbocycles. The Labute approximate surface area is 131 Å². The van der Waals surface area contributed by atoms with Crippen LogP contribution in [-0.4, -0.2) is 55.6 Å². The SMILES string of the molecule is CC[N+]([O-])(CC)CCCCS(=O)(=O)C(F)(F)C(F)(F)C(C)(F)F. The molecule has 0 aromatic heterocycles. The van der Waals surface area contributed by atoms with Crippen LogP contribution < -0.4 is 0 Å². The molecule has 0 rings (SSSR count). The third-order valence-corrected chi connectivity index (χ3v) is 5.55. The molecule has 23 heavy (non-hydrogen) atoms. The van der Waals surface area contributed by atoms with Gasteiger partial charge in [-0.3, -0.25) is 0 Å². The molecule has 0 aliphatic rings. The second kappa shape index (κ2) is 7.14.